The van der Waals surface area contributed by atoms with Gasteiger partial charge in [-0.2, -0.15) is 0 Å². The van der Waals surface area contributed by atoms with E-state index in [0.717, 1.165) is 46.3 Å². The van der Waals surface area contributed by atoms with Crippen molar-refractivity contribution in [1.82, 2.24) is 9.88 Å². The number of carbonyl (C=O) groups excluding carboxylic acids is 3. The summed E-state index contributed by atoms with van der Waals surface area (Å²) in [6.45, 7) is 10.3. The molecule has 0 spiro atoms. The Morgan fingerprint density at radius 1 is 1.02 bits per heavy atom. The molecule has 1 aromatic heterocycles. The number of hydrogen-bond acceptors (Lipinski definition) is 5. The van der Waals surface area contributed by atoms with Crippen LogP contribution in [0, 0.1) is 5.41 Å². The highest BCUT2D eigenvalue weighted by Gasteiger charge is 2.49. The Morgan fingerprint density at radius 3 is 2.45 bits per heavy atom. The highest BCUT2D eigenvalue weighted by atomic mass is 16.6. The maximum atomic E-state index is 14.2. The number of hydrogen-bond donors (Lipinski definition) is 1. The summed E-state index contributed by atoms with van der Waals surface area (Å²) in [7, 11) is 1.40. The summed E-state index contributed by atoms with van der Waals surface area (Å²) in [5.74, 6) is -0.0150. The van der Waals surface area contributed by atoms with Crippen LogP contribution in [0.25, 0.3) is 22.2 Å². The molecule has 0 unspecified atom stereocenters. The van der Waals surface area contributed by atoms with Crippen LogP contribution >= 0.6 is 0 Å². The minimum atomic E-state index is -0.895. The number of benzene rings is 2. The van der Waals surface area contributed by atoms with Crippen LogP contribution in [0.1, 0.15) is 100 Å². The van der Waals surface area contributed by atoms with Gasteiger partial charge in [0, 0.05) is 35.1 Å². The summed E-state index contributed by atoms with van der Waals surface area (Å²) >= 11 is 0. The largest absolute Gasteiger partial charge is 0.465 e. The second kappa shape index (κ2) is 10.2. The molecule has 42 heavy (non-hydrogen) atoms. The van der Waals surface area contributed by atoms with Gasteiger partial charge in [0.25, 0.3) is 0 Å². The molecule has 1 fully saturated rings. The number of rotatable bonds is 3. The van der Waals surface area contributed by atoms with Gasteiger partial charge < -0.3 is 24.3 Å². The van der Waals surface area contributed by atoms with E-state index in [9.17, 15) is 14.4 Å². The van der Waals surface area contributed by atoms with E-state index in [4.69, 9.17) is 9.47 Å². The number of alkyl carbamates (subject to hydrolysis) is 1. The van der Waals surface area contributed by atoms with Crippen LogP contribution in [0.15, 0.2) is 36.4 Å². The van der Waals surface area contributed by atoms with Gasteiger partial charge in [0.05, 0.1) is 35.5 Å². The lowest BCUT2D eigenvalue weighted by atomic mass is 9.74. The fourth-order valence-electron chi connectivity index (χ4n) is 7.29. The standard InChI is InChI=1S/C34H41N3O5/c1-33(2,3)42-32(40)35-29-24-14-10-13-23-27(24)37(31(39)34(29,4)5)18-17-36-25-19-21(30(38)41-6)15-16-22(25)26(28(23)36)20-11-8-7-9-12-20/h10,13-16,19-20,29H,7-9,11-12,17-18H2,1-6H3,(H,35,40)/t29-/m0/s1. The van der Waals surface area contributed by atoms with Gasteiger partial charge >= 0.3 is 12.1 Å². The fraction of sp³-hybridized carbons (Fsp3) is 0.500. The molecule has 8 heteroatoms. The van der Waals surface area contributed by atoms with Gasteiger partial charge in [0.15, 0.2) is 0 Å². The monoisotopic (exact) mass is 571 g/mol. The number of methoxy groups -OCH3 is 1. The lowest BCUT2D eigenvalue weighted by Gasteiger charge is -2.44. The Labute approximate surface area is 247 Å². The molecule has 2 amide bonds. The summed E-state index contributed by atoms with van der Waals surface area (Å²) < 4.78 is 13.0. The fourth-order valence-corrected chi connectivity index (χ4v) is 7.29. The number of aromatic nitrogens is 1. The molecule has 2 aliphatic heterocycles. The number of anilines is 1. The lowest BCUT2D eigenvalue weighted by Crippen LogP contribution is -2.54. The van der Waals surface area contributed by atoms with Crippen molar-refractivity contribution in [3.05, 3.63) is 53.1 Å². The maximum Gasteiger partial charge on any atom is 0.408 e. The van der Waals surface area contributed by atoms with Crippen LogP contribution in [0.2, 0.25) is 0 Å². The number of ether oxygens (including phenoxy) is 2. The predicted molar refractivity (Wildman–Crippen MR) is 163 cm³/mol. The quantitative estimate of drug-likeness (QED) is 0.339. The van der Waals surface area contributed by atoms with Gasteiger partial charge in [0.1, 0.15) is 5.60 Å². The molecule has 3 aromatic rings. The van der Waals surface area contributed by atoms with Crippen molar-refractivity contribution in [1.29, 1.82) is 0 Å². The number of carbonyl (C=O) groups is 3. The summed E-state index contributed by atoms with van der Waals surface area (Å²) in [4.78, 5) is 41.7. The number of fused-ring (bicyclic) bond motifs is 4. The van der Waals surface area contributed by atoms with Crippen LogP contribution in [-0.2, 0) is 20.8 Å². The van der Waals surface area contributed by atoms with Gasteiger partial charge in [-0.3, -0.25) is 4.79 Å². The third-order valence-electron chi connectivity index (χ3n) is 9.17. The Balaban J connectivity index is 1.59. The van der Waals surface area contributed by atoms with Crippen molar-refractivity contribution in [2.45, 2.75) is 90.8 Å². The molecule has 8 nitrogen and oxygen atoms in total. The minimum Gasteiger partial charge on any atom is -0.465 e. The Bertz CT molecular complexity index is 1590. The van der Waals surface area contributed by atoms with Crippen LogP contribution in [0.3, 0.4) is 0 Å². The van der Waals surface area contributed by atoms with E-state index in [1.807, 2.05) is 63.8 Å². The van der Waals surface area contributed by atoms with Gasteiger partial charge in [-0.05, 0) is 71.1 Å². The lowest BCUT2D eigenvalue weighted by molar-refractivity contribution is -0.128. The smallest absolute Gasteiger partial charge is 0.408 e. The Kier molecular flexibility index (Phi) is 6.86. The van der Waals surface area contributed by atoms with E-state index in [2.05, 4.69) is 22.0 Å². The molecule has 3 heterocycles. The second-order valence-corrected chi connectivity index (χ2v) is 13.5. The van der Waals surface area contributed by atoms with Gasteiger partial charge in [-0.1, -0.05) is 43.5 Å². The second-order valence-electron chi connectivity index (χ2n) is 13.5. The molecule has 3 aliphatic rings. The average Bonchev–Trinajstić information content (AvgIpc) is 3.17. The first kappa shape index (κ1) is 28.3. The highest BCUT2D eigenvalue weighted by molar-refractivity contribution is 6.07. The average molecular weight is 572 g/mol. The zero-order chi connectivity index (χ0) is 30.0. The van der Waals surface area contributed by atoms with Crippen molar-refractivity contribution >= 4 is 34.6 Å². The van der Waals surface area contributed by atoms with Gasteiger partial charge in [-0.25, -0.2) is 9.59 Å². The molecule has 0 bridgehead atoms. The van der Waals surface area contributed by atoms with E-state index < -0.39 is 23.2 Å². The first-order valence-electron chi connectivity index (χ1n) is 15.1. The highest BCUT2D eigenvalue weighted by Crippen LogP contribution is 2.53. The molecule has 1 N–H and O–H groups in total. The summed E-state index contributed by atoms with van der Waals surface area (Å²) in [5.41, 5.74) is 5.11. The molecule has 1 aliphatic carbocycles. The van der Waals surface area contributed by atoms with Crippen molar-refractivity contribution in [2.24, 2.45) is 5.41 Å². The third-order valence-corrected chi connectivity index (χ3v) is 9.17. The number of amides is 2. The first-order valence-corrected chi connectivity index (χ1v) is 15.1. The number of nitrogens with one attached hydrogen (secondary N) is 1. The van der Waals surface area contributed by atoms with Crippen molar-refractivity contribution in [2.75, 3.05) is 18.6 Å². The molecule has 222 valence electrons. The van der Waals surface area contributed by atoms with E-state index in [1.54, 1.807) is 0 Å². The van der Waals surface area contributed by atoms with Crippen LogP contribution in [-0.4, -0.2) is 41.8 Å². The summed E-state index contributed by atoms with van der Waals surface area (Å²) in [6.07, 6.45) is 5.29. The maximum absolute atomic E-state index is 14.2. The first-order chi connectivity index (χ1) is 19.9. The summed E-state index contributed by atoms with van der Waals surface area (Å²) in [5, 5.41) is 4.21. The zero-order valence-corrected chi connectivity index (χ0v) is 25.5. The predicted octanol–water partition coefficient (Wildman–Crippen LogP) is 7.09. The molecule has 0 radical (unpaired) electrons. The minimum absolute atomic E-state index is 0.0342. The van der Waals surface area contributed by atoms with Crippen LogP contribution in [0.5, 0.6) is 0 Å². The number of nitrogens with zero attached hydrogens (tertiary/aromatic N) is 2. The number of esters is 1. The molecular formula is C34H41N3O5. The van der Waals surface area contributed by atoms with Crippen molar-refractivity contribution in [3.63, 3.8) is 0 Å². The van der Waals surface area contributed by atoms with Crippen molar-refractivity contribution in [3.8, 4) is 11.3 Å². The normalized spacial score (nSPS) is 20.0. The molecule has 0 saturated heterocycles. The van der Waals surface area contributed by atoms with E-state index in [1.165, 1.54) is 31.9 Å². The van der Waals surface area contributed by atoms with Crippen molar-refractivity contribution < 1.29 is 23.9 Å². The molecule has 1 saturated carbocycles. The summed E-state index contributed by atoms with van der Waals surface area (Å²) in [6, 6.07) is 11.5. The Hall–Kier alpha value is -3.81. The number of para-hydroxylation sites is 1. The molecule has 2 aromatic carbocycles. The van der Waals surface area contributed by atoms with Crippen LogP contribution < -0.4 is 10.2 Å². The third kappa shape index (κ3) is 4.56. The molecular weight excluding hydrogens is 530 g/mol. The van der Waals surface area contributed by atoms with E-state index >= 15 is 0 Å². The molecule has 1 atom stereocenters. The SMILES string of the molecule is COC(=O)c1ccc2c(C3CCCCC3)c3n(c2c1)CCN1C(=O)C(C)(C)[C@@H](NC(=O)OC(C)(C)C)c2cccc-3c21. The zero-order valence-electron chi connectivity index (χ0n) is 25.5. The van der Waals surface area contributed by atoms with Gasteiger partial charge in [0.2, 0.25) is 5.91 Å². The van der Waals surface area contributed by atoms with Gasteiger partial charge in [-0.15, -0.1) is 0 Å². The molecule has 6 rings (SSSR count). The van der Waals surface area contributed by atoms with Crippen LogP contribution in [0.4, 0.5) is 10.5 Å². The Morgan fingerprint density at radius 2 is 1.76 bits per heavy atom. The topological polar surface area (TPSA) is 89.9 Å². The van der Waals surface area contributed by atoms with E-state index in [0.29, 0.717) is 24.6 Å². The van der Waals surface area contributed by atoms with E-state index in [-0.39, 0.29) is 11.9 Å².